The molecule has 0 heterocycles. The third-order valence-electron chi connectivity index (χ3n) is 3.33. The molecule has 2 aliphatic carbocycles. The lowest BCUT2D eigenvalue weighted by atomic mass is 9.87. The van der Waals surface area contributed by atoms with Crippen LogP contribution in [0.4, 0.5) is 0 Å². The molecule has 2 rings (SSSR count). The second-order valence-electron chi connectivity index (χ2n) is 4.16. The highest BCUT2D eigenvalue weighted by Gasteiger charge is 2.23. The predicted molar refractivity (Wildman–Crippen MR) is 50.1 cm³/mol. The molecule has 0 radical (unpaired) electrons. The van der Waals surface area contributed by atoms with Gasteiger partial charge in [0, 0.05) is 6.42 Å². The Hall–Kier alpha value is -0.460. The molecule has 0 aromatic rings. The summed E-state index contributed by atoms with van der Waals surface area (Å²) in [6, 6.07) is 0. The van der Waals surface area contributed by atoms with Crippen LogP contribution >= 0.6 is 0 Å². The monoisotopic (exact) mass is 166 g/mol. The summed E-state index contributed by atoms with van der Waals surface area (Å²) in [6.07, 6.45) is 10.0. The zero-order chi connectivity index (χ0) is 8.39. The highest BCUT2D eigenvalue weighted by atomic mass is 16.3. The van der Waals surface area contributed by atoms with Crippen molar-refractivity contribution in [2.75, 3.05) is 0 Å². The average molecular weight is 166 g/mol. The fourth-order valence-electron chi connectivity index (χ4n) is 2.63. The third-order valence-corrected chi connectivity index (χ3v) is 3.33. The van der Waals surface area contributed by atoms with Crippen molar-refractivity contribution in [2.24, 2.45) is 5.92 Å². The molecule has 68 valence electrons. The van der Waals surface area contributed by atoms with Crippen molar-refractivity contribution >= 4 is 0 Å². The van der Waals surface area contributed by atoms with Gasteiger partial charge in [-0.3, -0.25) is 0 Å². The molecular formula is C11H18O. The van der Waals surface area contributed by atoms with E-state index in [0.717, 1.165) is 18.1 Å². The maximum Gasteiger partial charge on any atom is 0.0917 e. The number of hydrogen-bond donors (Lipinski definition) is 1. The van der Waals surface area contributed by atoms with Crippen LogP contribution in [-0.4, -0.2) is 5.11 Å². The first-order valence-corrected chi connectivity index (χ1v) is 5.29. The van der Waals surface area contributed by atoms with Gasteiger partial charge in [-0.2, -0.15) is 0 Å². The van der Waals surface area contributed by atoms with Crippen LogP contribution in [-0.2, 0) is 0 Å². The molecule has 0 aromatic heterocycles. The first-order chi connectivity index (χ1) is 5.88. The normalized spacial score (nSPS) is 26.7. The summed E-state index contributed by atoms with van der Waals surface area (Å²) in [5.41, 5.74) is 1.42. The molecule has 1 fully saturated rings. The summed E-state index contributed by atoms with van der Waals surface area (Å²) in [7, 11) is 0. The van der Waals surface area contributed by atoms with Gasteiger partial charge in [0.2, 0.25) is 0 Å². The van der Waals surface area contributed by atoms with Crippen LogP contribution in [0.1, 0.15) is 51.4 Å². The minimum Gasteiger partial charge on any atom is -0.512 e. The molecule has 12 heavy (non-hydrogen) atoms. The van der Waals surface area contributed by atoms with Crippen molar-refractivity contribution < 1.29 is 5.11 Å². The summed E-state index contributed by atoms with van der Waals surface area (Å²) < 4.78 is 0. The van der Waals surface area contributed by atoms with Gasteiger partial charge in [-0.25, -0.2) is 0 Å². The second-order valence-corrected chi connectivity index (χ2v) is 4.16. The third kappa shape index (κ3) is 1.50. The van der Waals surface area contributed by atoms with E-state index in [4.69, 9.17) is 0 Å². The number of allylic oxidation sites excluding steroid dienone is 2. The van der Waals surface area contributed by atoms with Gasteiger partial charge in [0.1, 0.15) is 0 Å². The van der Waals surface area contributed by atoms with Gasteiger partial charge in [0.15, 0.2) is 0 Å². The van der Waals surface area contributed by atoms with Gasteiger partial charge in [0.25, 0.3) is 0 Å². The number of hydrogen-bond acceptors (Lipinski definition) is 1. The second kappa shape index (κ2) is 3.51. The number of rotatable bonds is 1. The highest BCUT2D eigenvalue weighted by molar-refractivity contribution is 5.15. The Morgan fingerprint density at radius 2 is 1.58 bits per heavy atom. The van der Waals surface area contributed by atoms with Gasteiger partial charge < -0.3 is 5.11 Å². The van der Waals surface area contributed by atoms with E-state index >= 15 is 0 Å². The van der Waals surface area contributed by atoms with E-state index in [2.05, 4.69) is 0 Å². The largest absolute Gasteiger partial charge is 0.512 e. The lowest BCUT2D eigenvalue weighted by molar-refractivity contribution is 0.342. The molecule has 1 N–H and O–H groups in total. The van der Waals surface area contributed by atoms with Gasteiger partial charge in [-0.15, -0.1) is 0 Å². The van der Waals surface area contributed by atoms with E-state index in [-0.39, 0.29) is 0 Å². The Bertz CT molecular complexity index is 187. The Balaban J connectivity index is 2.08. The number of aliphatic hydroxyl groups is 1. The zero-order valence-corrected chi connectivity index (χ0v) is 7.68. The first-order valence-electron chi connectivity index (χ1n) is 5.29. The maximum absolute atomic E-state index is 9.71. The lowest BCUT2D eigenvalue weighted by Crippen LogP contribution is -2.07. The van der Waals surface area contributed by atoms with E-state index in [1.807, 2.05) is 0 Å². The highest BCUT2D eigenvalue weighted by Crippen LogP contribution is 2.37. The van der Waals surface area contributed by atoms with Crippen molar-refractivity contribution in [1.82, 2.24) is 0 Å². The maximum atomic E-state index is 9.71. The Kier molecular flexibility index (Phi) is 2.38. The molecule has 0 spiro atoms. The fraction of sp³-hybridized carbons (Fsp3) is 0.818. The zero-order valence-electron chi connectivity index (χ0n) is 7.68. The first kappa shape index (κ1) is 8.15. The van der Waals surface area contributed by atoms with Crippen LogP contribution in [0.3, 0.4) is 0 Å². The molecule has 0 atom stereocenters. The Labute approximate surface area is 74.5 Å². The van der Waals surface area contributed by atoms with Crippen LogP contribution < -0.4 is 0 Å². The van der Waals surface area contributed by atoms with Crippen LogP contribution in [0.2, 0.25) is 0 Å². The molecule has 0 aliphatic heterocycles. The van der Waals surface area contributed by atoms with Crippen LogP contribution in [0, 0.1) is 5.92 Å². The molecule has 0 saturated heterocycles. The smallest absolute Gasteiger partial charge is 0.0917 e. The van der Waals surface area contributed by atoms with E-state index in [9.17, 15) is 5.11 Å². The minimum absolute atomic E-state index is 0.744. The molecule has 0 amide bonds. The van der Waals surface area contributed by atoms with Crippen molar-refractivity contribution in [3.63, 3.8) is 0 Å². The summed E-state index contributed by atoms with van der Waals surface area (Å²) in [5.74, 6) is 1.50. The van der Waals surface area contributed by atoms with E-state index in [0.29, 0.717) is 0 Å². The molecule has 0 bridgehead atoms. The average Bonchev–Trinajstić information content (AvgIpc) is 2.57. The van der Waals surface area contributed by atoms with E-state index < -0.39 is 0 Å². The summed E-state index contributed by atoms with van der Waals surface area (Å²) in [6.45, 7) is 0. The number of aliphatic hydroxyl groups excluding tert-OH is 1. The van der Waals surface area contributed by atoms with Crippen LogP contribution in [0.25, 0.3) is 0 Å². The standard InChI is InChI=1S/C11H18O/c12-11-8-4-3-7-10(11)9-5-1-2-6-9/h9,12H,1-8H2. The van der Waals surface area contributed by atoms with Crippen molar-refractivity contribution in [3.8, 4) is 0 Å². The van der Waals surface area contributed by atoms with Crippen molar-refractivity contribution in [1.29, 1.82) is 0 Å². The molecule has 0 unspecified atom stereocenters. The van der Waals surface area contributed by atoms with E-state index in [1.165, 1.54) is 50.5 Å². The molecule has 2 aliphatic rings. The quantitative estimate of drug-likeness (QED) is 0.631. The SMILES string of the molecule is OC1=C(C2CCCC2)CCCC1. The molecule has 1 nitrogen and oxygen atoms in total. The topological polar surface area (TPSA) is 20.2 Å². The van der Waals surface area contributed by atoms with Crippen LogP contribution in [0.5, 0.6) is 0 Å². The molecule has 1 saturated carbocycles. The Morgan fingerprint density at radius 1 is 0.917 bits per heavy atom. The van der Waals surface area contributed by atoms with Gasteiger partial charge in [-0.1, -0.05) is 12.8 Å². The minimum atomic E-state index is 0.744. The fourth-order valence-corrected chi connectivity index (χ4v) is 2.63. The Morgan fingerprint density at radius 3 is 2.25 bits per heavy atom. The van der Waals surface area contributed by atoms with Crippen LogP contribution in [0.15, 0.2) is 11.3 Å². The molecular weight excluding hydrogens is 148 g/mol. The predicted octanol–water partition coefficient (Wildman–Crippen LogP) is 3.56. The summed E-state index contributed by atoms with van der Waals surface area (Å²) in [4.78, 5) is 0. The van der Waals surface area contributed by atoms with Crippen molar-refractivity contribution in [3.05, 3.63) is 11.3 Å². The van der Waals surface area contributed by atoms with E-state index in [1.54, 1.807) is 0 Å². The molecule has 1 heteroatoms. The molecule has 0 aromatic carbocycles. The van der Waals surface area contributed by atoms with Crippen molar-refractivity contribution in [2.45, 2.75) is 51.4 Å². The van der Waals surface area contributed by atoms with Gasteiger partial charge in [-0.05, 0) is 43.6 Å². The lowest BCUT2D eigenvalue weighted by Gasteiger charge is -2.20. The van der Waals surface area contributed by atoms with Gasteiger partial charge >= 0.3 is 0 Å². The summed E-state index contributed by atoms with van der Waals surface area (Å²) in [5, 5.41) is 9.71. The summed E-state index contributed by atoms with van der Waals surface area (Å²) >= 11 is 0. The van der Waals surface area contributed by atoms with Gasteiger partial charge in [0.05, 0.1) is 5.76 Å².